The first-order valence-corrected chi connectivity index (χ1v) is 2.33. The third-order valence-electron chi connectivity index (χ3n) is 0.562. The van der Waals surface area contributed by atoms with E-state index in [0.29, 0.717) is 0 Å². The van der Waals surface area contributed by atoms with Crippen molar-refractivity contribution in [3.05, 3.63) is 0 Å². The summed E-state index contributed by atoms with van der Waals surface area (Å²) in [5.74, 6) is -2.24. The highest BCUT2D eigenvalue weighted by atomic mass is 16.5. The molecule has 0 atom stereocenters. The molecule has 4 nitrogen and oxygen atoms in total. The number of hydrogen-bond donors (Lipinski definition) is 0. The SMILES string of the molecule is CCOC(=O)C(=O)C#N. The Hall–Kier alpha value is -1.37. The van der Waals surface area contributed by atoms with E-state index in [4.69, 9.17) is 5.26 Å². The molecule has 9 heavy (non-hydrogen) atoms. The number of Topliss-reactive ketones (excluding diaryl/α,β-unsaturated/α-hetero) is 1. The van der Waals surface area contributed by atoms with Gasteiger partial charge in [-0.3, -0.25) is 4.79 Å². The molecule has 0 heterocycles. The molecule has 0 aromatic rings. The van der Waals surface area contributed by atoms with Crippen LogP contribution in [0.5, 0.6) is 0 Å². The summed E-state index contributed by atoms with van der Waals surface area (Å²) in [7, 11) is 0. The van der Waals surface area contributed by atoms with Crippen LogP contribution in [-0.4, -0.2) is 18.4 Å². The van der Waals surface area contributed by atoms with Crippen molar-refractivity contribution in [3.63, 3.8) is 0 Å². The minimum Gasteiger partial charge on any atom is -0.459 e. The molecule has 0 aliphatic rings. The van der Waals surface area contributed by atoms with Gasteiger partial charge in [0.2, 0.25) is 0 Å². The minimum atomic E-state index is -1.16. The summed E-state index contributed by atoms with van der Waals surface area (Å²) in [6.07, 6.45) is 0. The molecule has 0 bridgehead atoms. The molecule has 0 N–H and O–H groups in total. The largest absolute Gasteiger partial charge is 0.459 e. The molecule has 0 radical (unpaired) electrons. The summed E-state index contributed by atoms with van der Waals surface area (Å²) in [5.41, 5.74) is 0. The van der Waals surface area contributed by atoms with E-state index in [1.165, 1.54) is 0 Å². The number of nitriles is 1. The lowest BCUT2D eigenvalue weighted by Gasteiger charge is -1.91. The second-order valence-electron chi connectivity index (χ2n) is 1.16. The van der Waals surface area contributed by atoms with Gasteiger partial charge < -0.3 is 4.74 Å². The van der Waals surface area contributed by atoms with E-state index >= 15 is 0 Å². The second kappa shape index (κ2) is 3.61. The van der Waals surface area contributed by atoms with Crippen LogP contribution in [0.15, 0.2) is 0 Å². The molecule has 0 aromatic carbocycles. The predicted molar refractivity (Wildman–Crippen MR) is 27.3 cm³/mol. The van der Waals surface area contributed by atoms with Gasteiger partial charge in [-0.15, -0.1) is 0 Å². The van der Waals surface area contributed by atoms with Gasteiger partial charge in [0.05, 0.1) is 6.61 Å². The van der Waals surface area contributed by atoms with Crippen molar-refractivity contribution in [2.24, 2.45) is 0 Å². The fourth-order valence-electron chi connectivity index (χ4n) is 0.242. The van der Waals surface area contributed by atoms with Crippen molar-refractivity contribution in [3.8, 4) is 6.07 Å². The Morgan fingerprint density at radius 3 is 2.56 bits per heavy atom. The lowest BCUT2D eigenvalue weighted by Crippen LogP contribution is -2.14. The molecule has 0 unspecified atom stereocenters. The van der Waals surface area contributed by atoms with Crippen LogP contribution in [0.3, 0.4) is 0 Å². The summed E-state index contributed by atoms with van der Waals surface area (Å²) < 4.78 is 4.18. The minimum absolute atomic E-state index is 0.117. The molecular weight excluding hydrogens is 122 g/mol. The Bertz CT molecular complexity index is 168. The number of hydrogen-bond acceptors (Lipinski definition) is 4. The second-order valence-corrected chi connectivity index (χ2v) is 1.16. The average Bonchev–Trinajstić information content (AvgIpc) is 1.87. The molecule has 0 spiro atoms. The molecule has 0 rings (SSSR count). The van der Waals surface area contributed by atoms with Gasteiger partial charge in [-0.2, -0.15) is 5.26 Å². The molecule has 0 amide bonds. The Kier molecular flexibility index (Phi) is 3.06. The van der Waals surface area contributed by atoms with Crippen LogP contribution in [0.1, 0.15) is 6.92 Å². The number of rotatable bonds is 2. The van der Waals surface area contributed by atoms with Crippen LogP contribution in [-0.2, 0) is 14.3 Å². The molecule has 0 saturated carbocycles. The lowest BCUT2D eigenvalue weighted by molar-refractivity contribution is -0.151. The first kappa shape index (κ1) is 7.63. The van der Waals surface area contributed by atoms with Gasteiger partial charge >= 0.3 is 11.8 Å². The van der Waals surface area contributed by atoms with Gasteiger partial charge in [0.1, 0.15) is 0 Å². The number of ether oxygens (including phenoxy) is 1. The van der Waals surface area contributed by atoms with Crippen molar-refractivity contribution >= 4 is 11.8 Å². The van der Waals surface area contributed by atoms with E-state index < -0.39 is 11.8 Å². The van der Waals surface area contributed by atoms with Crippen molar-refractivity contribution in [1.82, 2.24) is 0 Å². The highest BCUT2D eigenvalue weighted by Crippen LogP contribution is 1.77. The van der Waals surface area contributed by atoms with E-state index in [9.17, 15) is 9.59 Å². The molecule has 0 aliphatic heterocycles. The molecule has 48 valence electrons. The van der Waals surface area contributed by atoms with Crippen molar-refractivity contribution in [1.29, 1.82) is 5.26 Å². The molecule has 0 aromatic heterocycles. The normalized spacial score (nSPS) is 7.56. The van der Waals surface area contributed by atoms with Crippen molar-refractivity contribution in [2.75, 3.05) is 6.61 Å². The van der Waals surface area contributed by atoms with Crippen LogP contribution in [0, 0.1) is 11.3 Å². The van der Waals surface area contributed by atoms with Gasteiger partial charge in [-0.1, -0.05) is 0 Å². The number of carbonyl (C=O) groups excluding carboxylic acids is 2. The van der Waals surface area contributed by atoms with E-state index in [-0.39, 0.29) is 6.61 Å². The van der Waals surface area contributed by atoms with Crippen LogP contribution < -0.4 is 0 Å². The summed E-state index contributed by atoms with van der Waals surface area (Å²) in [6.45, 7) is 1.68. The van der Waals surface area contributed by atoms with Crippen LogP contribution in [0.2, 0.25) is 0 Å². The first-order valence-electron chi connectivity index (χ1n) is 2.33. The topological polar surface area (TPSA) is 67.2 Å². The standard InChI is InChI=1S/C5H5NO3/c1-2-9-5(8)4(7)3-6/h2H2,1H3. The van der Waals surface area contributed by atoms with E-state index in [0.717, 1.165) is 6.07 Å². The monoisotopic (exact) mass is 127 g/mol. The number of esters is 1. The third-order valence-corrected chi connectivity index (χ3v) is 0.562. The maximum absolute atomic E-state index is 10.2. The van der Waals surface area contributed by atoms with Gasteiger partial charge in [-0.25, -0.2) is 4.79 Å². The van der Waals surface area contributed by atoms with Gasteiger partial charge in [0.25, 0.3) is 0 Å². The Morgan fingerprint density at radius 2 is 2.22 bits per heavy atom. The molecule has 0 saturated heterocycles. The predicted octanol–water partition coefficient (Wildman–Crippen LogP) is -0.358. The van der Waals surface area contributed by atoms with Crippen LogP contribution >= 0.6 is 0 Å². The van der Waals surface area contributed by atoms with Crippen LogP contribution in [0.25, 0.3) is 0 Å². The summed E-state index contributed by atoms with van der Waals surface area (Å²) >= 11 is 0. The van der Waals surface area contributed by atoms with E-state index in [2.05, 4.69) is 4.74 Å². The third kappa shape index (κ3) is 2.44. The quantitative estimate of drug-likeness (QED) is 0.288. The molecular formula is C5H5NO3. The number of nitrogens with zero attached hydrogens (tertiary/aromatic N) is 1. The van der Waals surface area contributed by atoms with Gasteiger partial charge in [0, 0.05) is 0 Å². The van der Waals surface area contributed by atoms with Crippen LogP contribution in [0.4, 0.5) is 0 Å². The summed E-state index contributed by atoms with van der Waals surface area (Å²) in [4.78, 5) is 20.2. The van der Waals surface area contributed by atoms with Crippen molar-refractivity contribution < 1.29 is 14.3 Å². The maximum Gasteiger partial charge on any atom is 0.390 e. The van der Waals surface area contributed by atoms with Gasteiger partial charge in [0.15, 0.2) is 6.07 Å². The fourth-order valence-corrected chi connectivity index (χ4v) is 0.242. The Balaban J connectivity index is 3.78. The molecule has 4 heteroatoms. The first-order chi connectivity index (χ1) is 4.22. The molecule has 0 fully saturated rings. The Morgan fingerprint density at radius 1 is 1.67 bits per heavy atom. The lowest BCUT2D eigenvalue weighted by atomic mass is 10.4. The smallest absolute Gasteiger partial charge is 0.390 e. The van der Waals surface area contributed by atoms with Gasteiger partial charge in [-0.05, 0) is 6.92 Å². The number of ketones is 1. The van der Waals surface area contributed by atoms with Crippen molar-refractivity contribution in [2.45, 2.75) is 6.92 Å². The summed E-state index contributed by atoms with van der Waals surface area (Å²) in [5, 5.41) is 7.83. The number of carbonyl (C=O) groups is 2. The Labute approximate surface area is 52.0 Å². The zero-order chi connectivity index (χ0) is 7.28. The van der Waals surface area contributed by atoms with E-state index in [1.807, 2.05) is 0 Å². The zero-order valence-corrected chi connectivity index (χ0v) is 4.88. The molecule has 0 aliphatic carbocycles. The highest BCUT2D eigenvalue weighted by Gasteiger charge is 2.11. The summed E-state index contributed by atoms with van der Waals surface area (Å²) in [6, 6.07) is 1.14. The fraction of sp³-hybridized carbons (Fsp3) is 0.400. The maximum atomic E-state index is 10.2. The zero-order valence-electron chi connectivity index (χ0n) is 4.88. The van der Waals surface area contributed by atoms with E-state index in [1.54, 1.807) is 6.92 Å². The highest BCUT2D eigenvalue weighted by molar-refractivity contribution is 6.40. The average molecular weight is 127 g/mol.